The maximum atomic E-state index is 12.0. The molecule has 1 N–H and O–H groups in total. The highest BCUT2D eigenvalue weighted by Gasteiger charge is 2.30. The third-order valence-corrected chi connectivity index (χ3v) is 2.90. The van der Waals surface area contributed by atoms with Crippen LogP contribution in [-0.4, -0.2) is 29.6 Å². The molecular weight excluding hydrogens is 216 g/mol. The monoisotopic (exact) mass is 236 g/mol. The summed E-state index contributed by atoms with van der Waals surface area (Å²) in [6.45, 7) is 7.52. The molecule has 2 amide bonds. The maximum absolute atomic E-state index is 12.0. The van der Waals surface area contributed by atoms with Crippen LogP contribution in [0.4, 0.5) is 4.79 Å². The molecule has 0 saturated carbocycles. The number of furan rings is 1. The molecule has 0 aromatic carbocycles. The van der Waals surface area contributed by atoms with Gasteiger partial charge in [-0.2, -0.15) is 0 Å². The second kappa shape index (κ2) is 4.43. The first-order chi connectivity index (χ1) is 7.96. The van der Waals surface area contributed by atoms with Crippen LogP contribution in [0.2, 0.25) is 0 Å². The van der Waals surface area contributed by atoms with E-state index in [1.54, 1.807) is 6.26 Å². The molecule has 1 aromatic heterocycles. The lowest BCUT2D eigenvalue weighted by molar-refractivity contribution is 0.198. The number of urea groups is 1. The van der Waals surface area contributed by atoms with Crippen molar-refractivity contribution in [3.05, 3.63) is 24.2 Å². The number of carbonyl (C=O) groups excluding carboxylic acids is 1. The zero-order chi connectivity index (χ0) is 12.5. The van der Waals surface area contributed by atoms with Crippen LogP contribution >= 0.6 is 0 Å². The lowest BCUT2D eigenvalue weighted by Gasteiger charge is -2.25. The van der Waals surface area contributed by atoms with Gasteiger partial charge in [0.15, 0.2) is 0 Å². The van der Waals surface area contributed by atoms with E-state index in [2.05, 4.69) is 5.32 Å². The molecule has 1 atom stereocenters. The first kappa shape index (κ1) is 12.0. The molecule has 1 unspecified atom stereocenters. The predicted octanol–water partition coefficient (Wildman–Crippen LogP) is 2.58. The summed E-state index contributed by atoms with van der Waals surface area (Å²) in [7, 11) is 0. The second-order valence-electron chi connectivity index (χ2n) is 5.63. The smallest absolute Gasteiger partial charge is 0.317 e. The van der Waals surface area contributed by atoms with Crippen molar-refractivity contribution in [1.82, 2.24) is 10.2 Å². The highest BCUT2D eigenvalue weighted by Crippen LogP contribution is 2.27. The highest BCUT2D eigenvalue weighted by atomic mass is 16.3. The Morgan fingerprint density at radius 3 is 2.88 bits per heavy atom. The number of amides is 2. The molecule has 1 aliphatic heterocycles. The second-order valence-corrected chi connectivity index (χ2v) is 5.63. The zero-order valence-electron chi connectivity index (χ0n) is 10.7. The van der Waals surface area contributed by atoms with Crippen LogP contribution < -0.4 is 5.32 Å². The fraction of sp³-hybridized carbons (Fsp3) is 0.615. The normalized spacial score (nSPS) is 20.6. The lowest BCUT2D eigenvalue weighted by Crippen LogP contribution is -2.47. The predicted molar refractivity (Wildman–Crippen MR) is 65.9 cm³/mol. The Morgan fingerprint density at radius 2 is 2.29 bits per heavy atom. The topological polar surface area (TPSA) is 45.5 Å². The molecule has 0 radical (unpaired) electrons. The SMILES string of the molecule is CC(C)(C)NC(=O)N1CCC(c2ccco2)C1. The van der Waals surface area contributed by atoms with Gasteiger partial charge in [0.2, 0.25) is 0 Å². The zero-order valence-corrected chi connectivity index (χ0v) is 10.7. The van der Waals surface area contributed by atoms with Crippen LogP contribution in [0.5, 0.6) is 0 Å². The van der Waals surface area contributed by atoms with Crippen molar-refractivity contribution in [3.8, 4) is 0 Å². The molecule has 1 aromatic rings. The van der Waals surface area contributed by atoms with Gasteiger partial charge in [-0.3, -0.25) is 0 Å². The van der Waals surface area contributed by atoms with E-state index >= 15 is 0 Å². The highest BCUT2D eigenvalue weighted by molar-refractivity contribution is 5.75. The number of hydrogen-bond donors (Lipinski definition) is 1. The largest absolute Gasteiger partial charge is 0.469 e. The molecule has 4 heteroatoms. The van der Waals surface area contributed by atoms with Crippen LogP contribution in [-0.2, 0) is 0 Å². The first-order valence-corrected chi connectivity index (χ1v) is 6.06. The summed E-state index contributed by atoms with van der Waals surface area (Å²) in [5, 5.41) is 2.98. The van der Waals surface area contributed by atoms with Gasteiger partial charge in [-0.05, 0) is 39.3 Å². The Kier molecular flexibility index (Phi) is 3.13. The summed E-state index contributed by atoms with van der Waals surface area (Å²) in [4.78, 5) is 13.8. The quantitative estimate of drug-likeness (QED) is 0.814. The van der Waals surface area contributed by atoms with E-state index in [9.17, 15) is 4.79 Å². The fourth-order valence-electron chi connectivity index (χ4n) is 2.10. The number of hydrogen-bond acceptors (Lipinski definition) is 2. The van der Waals surface area contributed by atoms with E-state index in [1.807, 2.05) is 37.8 Å². The van der Waals surface area contributed by atoms with Gasteiger partial charge in [0.05, 0.1) is 6.26 Å². The van der Waals surface area contributed by atoms with Crippen molar-refractivity contribution < 1.29 is 9.21 Å². The summed E-state index contributed by atoms with van der Waals surface area (Å²) in [6, 6.07) is 3.90. The fourth-order valence-corrected chi connectivity index (χ4v) is 2.10. The molecule has 1 saturated heterocycles. The number of carbonyl (C=O) groups is 1. The summed E-state index contributed by atoms with van der Waals surface area (Å²) >= 11 is 0. The first-order valence-electron chi connectivity index (χ1n) is 6.06. The van der Waals surface area contributed by atoms with Crippen LogP contribution in [0.1, 0.15) is 38.9 Å². The summed E-state index contributed by atoms with van der Waals surface area (Å²) in [5.41, 5.74) is -0.181. The lowest BCUT2D eigenvalue weighted by atomic mass is 10.1. The summed E-state index contributed by atoms with van der Waals surface area (Å²) in [5.74, 6) is 1.33. The summed E-state index contributed by atoms with van der Waals surface area (Å²) in [6.07, 6.45) is 2.66. The van der Waals surface area contributed by atoms with E-state index < -0.39 is 0 Å². The van der Waals surface area contributed by atoms with Crippen molar-refractivity contribution in [2.45, 2.75) is 38.6 Å². The van der Waals surface area contributed by atoms with Gasteiger partial charge in [0, 0.05) is 24.5 Å². The number of nitrogens with one attached hydrogen (secondary N) is 1. The van der Waals surface area contributed by atoms with Gasteiger partial charge < -0.3 is 14.6 Å². The molecule has 2 rings (SSSR count). The molecule has 94 valence electrons. The molecule has 4 nitrogen and oxygen atoms in total. The van der Waals surface area contributed by atoms with Gasteiger partial charge in [-0.15, -0.1) is 0 Å². The molecular formula is C13H20N2O2. The molecule has 0 spiro atoms. The van der Waals surface area contributed by atoms with E-state index in [4.69, 9.17) is 4.42 Å². The van der Waals surface area contributed by atoms with Gasteiger partial charge >= 0.3 is 6.03 Å². The number of rotatable bonds is 1. The summed E-state index contributed by atoms with van der Waals surface area (Å²) < 4.78 is 5.39. The Morgan fingerprint density at radius 1 is 1.53 bits per heavy atom. The van der Waals surface area contributed by atoms with Gasteiger partial charge in [-0.1, -0.05) is 0 Å². The average molecular weight is 236 g/mol. The minimum Gasteiger partial charge on any atom is -0.469 e. The average Bonchev–Trinajstić information content (AvgIpc) is 2.86. The van der Waals surface area contributed by atoms with Crippen LogP contribution in [0.25, 0.3) is 0 Å². The molecule has 1 aliphatic rings. The Hall–Kier alpha value is -1.45. The van der Waals surface area contributed by atoms with Gasteiger partial charge in [-0.25, -0.2) is 4.79 Å². The van der Waals surface area contributed by atoms with Gasteiger partial charge in [0.1, 0.15) is 5.76 Å². The van der Waals surface area contributed by atoms with Crippen molar-refractivity contribution in [3.63, 3.8) is 0 Å². The molecule has 2 heterocycles. The molecule has 17 heavy (non-hydrogen) atoms. The van der Waals surface area contributed by atoms with E-state index in [1.165, 1.54) is 0 Å². The minimum absolute atomic E-state index is 0.0200. The number of nitrogens with zero attached hydrogens (tertiary/aromatic N) is 1. The van der Waals surface area contributed by atoms with Crippen LogP contribution in [0.15, 0.2) is 22.8 Å². The van der Waals surface area contributed by atoms with Gasteiger partial charge in [0.25, 0.3) is 0 Å². The molecule has 0 aliphatic carbocycles. The standard InChI is InChI=1S/C13H20N2O2/c1-13(2,3)14-12(16)15-7-6-10(9-15)11-5-4-8-17-11/h4-5,8,10H,6-7,9H2,1-3H3,(H,14,16). The number of likely N-dealkylation sites (tertiary alicyclic amines) is 1. The van der Waals surface area contributed by atoms with Crippen molar-refractivity contribution in [1.29, 1.82) is 0 Å². The van der Waals surface area contributed by atoms with E-state index in [0.717, 1.165) is 25.3 Å². The third kappa shape index (κ3) is 3.02. The van der Waals surface area contributed by atoms with E-state index in [0.29, 0.717) is 5.92 Å². The van der Waals surface area contributed by atoms with Crippen LogP contribution in [0.3, 0.4) is 0 Å². The van der Waals surface area contributed by atoms with E-state index in [-0.39, 0.29) is 11.6 Å². The maximum Gasteiger partial charge on any atom is 0.317 e. The van der Waals surface area contributed by atoms with Crippen LogP contribution in [0, 0.1) is 0 Å². The Balaban J connectivity index is 1.92. The minimum atomic E-state index is -0.181. The third-order valence-electron chi connectivity index (χ3n) is 2.90. The van der Waals surface area contributed by atoms with Crippen molar-refractivity contribution in [2.75, 3.05) is 13.1 Å². The molecule has 1 fully saturated rings. The van der Waals surface area contributed by atoms with Crippen molar-refractivity contribution >= 4 is 6.03 Å². The van der Waals surface area contributed by atoms with Crippen molar-refractivity contribution in [2.24, 2.45) is 0 Å². The Labute approximate surface area is 102 Å². The molecule has 0 bridgehead atoms. The Bertz CT molecular complexity index is 379.